The Bertz CT molecular complexity index is 5370. The van der Waals surface area contributed by atoms with Crippen molar-refractivity contribution in [3.8, 4) is 28.7 Å². The van der Waals surface area contributed by atoms with Crippen molar-refractivity contribution < 1.29 is 111 Å². The number of para-hydroxylation sites is 4. The number of aromatic hydroxyl groups is 5. The molecule has 5 unspecified atom stereocenters. The fourth-order valence-corrected chi connectivity index (χ4v) is 26.1. The first kappa shape index (κ1) is 123. The molecule has 7 nitrogen and oxygen atoms in total. The summed E-state index contributed by atoms with van der Waals surface area (Å²) in [5.74, 6) is 2.14. The van der Waals surface area contributed by atoms with Crippen LogP contribution in [0.1, 0.15) is 124 Å². The number of phenolic OH excluding ortho intramolecular Hbond substituents is 5. The Balaban J connectivity index is 0.000000408. The van der Waals surface area contributed by atoms with Crippen molar-refractivity contribution in [2.75, 3.05) is 63.9 Å². The van der Waals surface area contributed by atoms with Crippen molar-refractivity contribution in [2.45, 2.75) is 134 Å². The second-order valence-corrected chi connectivity index (χ2v) is 61.0. The molecule has 130 heavy (non-hydrogen) atoms. The molecule has 0 aromatic heterocycles. The van der Waals surface area contributed by atoms with E-state index in [1.54, 1.807) is 12.1 Å². The van der Waals surface area contributed by atoms with Gasteiger partial charge in [0.15, 0.2) is 0 Å². The van der Waals surface area contributed by atoms with E-state index >= 15 is 0 Å². The number of benzene rings is 12. The van der Waals surface area contributed by atoms with Gasteiger partial charge in [-0.15, -0.1) is 0 Å². The third-order valence-corrected chi connectivity index (χ3v) is 33.6. The molecule has 0 radical (unpaired) electrons. The normalized spacial score (nSPS) is 11.1. The summed E-state index contributed by atoms with van der Waals surface area (Å²) in [6, 6.07) is 81.6. The van der Waals surface area contributed by atoms with Crippen LogP contribution in [0.15, 0.2) is 237 Å². The summed E-state index contributed by atoms with van der Waals surface area (Å²) in [6.07, 6.45) is 0. The van der Waals surface area contributed by atoms with Crippen molar-refractivity contribution in [1.82, 2.24) is 0 Å². The molecule has 0 amide bonds. The Morgan fingerprint density at radius 1 is 0.269 bits per heavy atom. The van der Waals surface area contributed by atoms with E-state index in [1.807, 2.05) is 68.4 Å². The molecule has 0 aliphatic heterocycles. The molecule has 0 saturated carbocycles. The minimum atomic E-state index is -0.556. The molecular weight excluding hydrogens is 2150 g/mol. The number of anilines is 4. The number of hydrogen-bond acceptors (Lipinski definition) is 7. The van der Waals surface area contributed by atoms with Gasteiger partial charge >= 0.3 is 178 Å². The van der Waals surface area contributed by atoms with Gasteiger partial charge in [0.2, 0.25) is 0 Å². The van der Waals surface area contributed by atoms with Gasteiger partial charge in [-0.25, -0.2) is 0 Å². The molecule has 12 aromatic rings. The molecule has 12 aromatic carbocycles. The fraction of sp³-hybridized carbons (Fsp3) is 0.280. The molecule has 5 atom stereocenters. The van der Waals surface area contributed by atoms with E-state index in [0.717, 1.165) is 54.6 Å². The molecule has 12 rings (SSSR count). The monoisotopic (exact) mass is 2270 g/mol. The maximum absolute atomic E-state index is 11.3. The van der Waals surface area contributed by atoms with Crippen molar-refractivity contribution in [1.29, 1.82) is 0 Å². The minimum absolute atomic E-state index is 0.0162. The summed E-state index contributed by atoms with van der Waals surface area (Å²) >= 11 is -2.78. The Morgan fingerprint density at radius 2 is 0.562 bits per heavy atom. The van der Waals surface area contributed by atoms with E-state index in [-0.39, 0.29) is 16.2 Å². The van der Waals surface area contributed by atoms with Crippen LogP contribution < -0.4 is 78.8 Å². The zero-order valence-electron chi connectivity index (χ0n) is 78.9. The van der Waals surface area contributed by atoms with Gasteiger partial charge in [0, 0.05) is 119 Å². The molecule has 0 aliphatic carbocycles. The van der Waals surface area contributed by atoms with Gasteiger partial charge in [0.05, 0.1) is 55.9 Å². The van der Waals surface area contributed by atoms with Crippen molar-refractivity contribution >= 4 is 251 Å². The third-order valence-electron chi connectivity index (χ3n) is 20.5. The quantitative estimate of drug-likeness (QED) is 0.0457. The van der Waals surface area contributed by atoms with E-state index in [4.69, 9.17) is 93.0 Å². The first-order valence-electron chi connectivity index (χ1n) is 41.5. The van der Waals surface area contributed by atoms with Gasteiger partial charge in [-0.05, 0) is 207 Å². The van der Waals surface area contributed by atoms with E-state index in [2.05, 4.69) is 338 Å². The molecule has 0 aliphatic rings. The van der Waals surface area contributed by atoms with Gasteiger partial charge in [-0.3, -0.25) is 0 Å². The Labute approximate surface area is 875 Å². The van der Waals surface area contributed by atoms with E-state index in [9.17, 15) is 25.5 Å². The molecule has 0 heterocycles. The first-order valence-corrected chi connectivity index (χ1v) is 75.4. The summed E-state index contributed by atoms with van der Waals surface area (Å²) in [4.78, 5) is 4.47. The zero-order valence-corrected chi connectivity index (χ0v) is 102. The summed E-state index contributed by atoms with van der Waals surface area (Å²) in [5, 5.41) is 68.7. The predicted molar refractivity (Wildman–Crippen MR) is 592 cm³/mol. The molecule has 5 N–H and O–H groups in total. The van der Waals surface area contributed by atoms with E-state index in [1.165, 1.54) is 98.3 Å². The van der Waals surface area contributed by atoms with Gasteiger partial charge < -0.3 is 35.3 Å². The van der Waals surface area contributed by atoms with Crippen LogP contribution in [0.4, 0.5) is 22.7 Å². The van der Waals surface area contributed by atoms with Crippen LogP contribution in [0, 0.1) is 55.4 Å². The van der Waals surface area contributed by atoms with Crippen LogP contribution in [-0.2, 0) is 101 Å². The molecular formula is C100H127Cl10N2O5P8Ti5+3. The van der Waals surface area contributed by atoms with Crippen LogP contribution in [0.25, 0.3) is 0 Å². The molecule has 0 bridgehead atoms. The molecule has 30 heteroatoms. The van der Waals surface area contributed by atoms with Crippen LogP contribution >= 0.6 is 160 Å². The average Bonchev–Trinajstić information content (AvgIpc) is 0.724. The second-order valence-electron chi connectivity index (χ2n) is 34.1. The summed E-state index contributed by atoms with van der Waals surface area (Å²) < 4.78 is 0. The SMILES string of the molecule is Cc1cc(C(C)(C)C)cc(Pc2c(C)cccc2N(C)c2ccccc2)c1O.Cc1ccc(O)c(Pc2c(C)cccc2[PH+](C)C)c1.Cc1cccc(N(C)c2ccccc2)c1Pc1cc(C(C)(C)C)cc(C(C)(C)C)c1O.Cc1cccc(Pc2c(C)cccc2[PH+](C)C)c1O.Cc1cccc([PH+](C)C)c1Pc1ccccc1O.[Cl][Ti][Cl].[Cl][Ti][Cl].[Cl][Ti][Cl].[Cl][Ti][Cl].[Cl][Ti][Cl]. The number of nitrogens with zero attached hydrogens (tertiary/aromatic N) is 2. The number of hydrogen-bond donors (Lipinski definition) is 5. The number of halogens is 10. The molecule has 0 spiro atoms. The topological polar surface area (TPSA) is 108 Å². The van der Waals surface area contributed by atoms with Gasteiger partial charge in [0.1, 0.15) is 28.7 Å². The maximum atomic E-state index is 11.3. The average molecular weight is 2280 g/mol. The standard InChI is InChI=1S/C28H36NOP.C25H30NOP.2C16H20OP2.C15H18OP2.10ClH.5Ti/c1-19-13-12-16-23(29(8)21-14-10-9-11-15-21)26(19)31-24-18-20(27(2,3)4)17-22(25(24)30)28(5,6)7;1-17-11-10-14-21(26(6)20-12-8-7-9-13-20)24(17)28-22-16-19(25(3,4)5)15-18(2)23(22)27;1-11-7-5-9-13(15(11)17)18-16-12(2)8-6-10-14(16)19(3)4;1-11-8-9-13(17)14(10-11)18-16-12(2)6-5-7-15(16)19(3)4;1-11-7-6-10-14(18(2)3)15(11)17-13-9-5-4-8-12(13)16;;;;;;;;;;;;;;;/h9-18,30-31H,1-8H3;7-16,27-28H,1-6H3;2*5-10,17-18H,1-4H3;4-10,16-17H,1-3H3;10*1H;;;;;/q;;;;;;;;;;;;;;;5*+2/p-7. The molecule has 0 saturated heterocycles. The Morgan fingerprint density at radius 3 is 0.931 bits per heavy atom. The summed E-state index contributed by atoms with van der Waals surface area (Å²) in [6.45, 7) is 50.6. The third kappa shape index (κ3) is 41.4. The fourth-order valence-electron chi connectivity index (χ4n) is 13.3. The van der Waals surface area contributed by atoms with Gasteiger partial charge in [0.25, 0.3) is 0 Å². The Hall–Kier alpha value is -0.849. The van der Waals surface area contributed by atoms with Crippen LogP contribution in [0.3, 0.4) is 0 Å². The second kappa shape index (κ2) is 63.8. The molecule has 694 valence electrons. The van der Waals surface area contributed by atoms with Gasteiger partial charge in [-0.1, -0.05) is 262 Å². The van der Waals surface area contributed by atoms with E-state index < -0.39 is 109 Å². The summed E-state index contributed by atoms with van der Waals surface area (Å²) in [5.41, 5.74) is 17.8. The first-order chi connectivity index (χ1) is 61.2. The summed E-state index contributed by atoms with van der Waals surface area (Å²) in [7, 11) is 54.1. The van der Waals surface area contributed by atoms with Crippen LogP contribution in [0.2, 0.25) is 0 Å². The Kier molecular flexibility index (Phi) is 60.6. The van der Waals surface area contributed by atoms with Crippen molar-refractivity contribution in [3.63, 3.8) is 0 Å². The van der Waals surface area contributed by atoms with Crippen LogP contribution in [-0.4, -0.2) is 79.6 Å². The number of phenols is 5. The predicted octanol–water partition coefficient (Wildman–Crippen LogP) is 27.2. The number of aryl methyl sites for hydroxylation is 8. The zero-order chi connectivity index (χ0) is 98.1. The van der Waals surface area contributed by atoms with E-state index in [0.29, 0.717) is 71.7 Å². The van der Waals surface area contributed by atoms with Crippen LogP contribution in [0.5, 0.6) is 28.7 Å². The van der Waals surface area contributed by atoms with Crippen molar-refractivity contribution in [2.24, 2.45) is 0 Å². The van der Waals surface area contributed by atoms with Gasteiger partial charge in [-0.2, -0.15) is 0 Å². The number of rotatable bonds is 17. The van der Waals surface area contributed by atoms with Crippen molar-refractivity contribution in [3.05, 3.63) is 298 Å². The molecule has 0 fully saturated rings.